The molecule has 0 radical (unpaired) electrons. The predicted molar refractivity (Wildman–Crippen MR) is 180 cm³/mol. The molecular weight excluding hydrogens is 708 g/mol. The summed E-state index contributed by atoms with van der Waals surface area (Å²) in [6, 6.07) is 7.60. The van der Waals surface area contributed by atoms with E-state index in [0.29, 0.717) is 21.0 Å². The van der Waals surface area contributed by atoms with Gasteiger partial charge in [-0.2, -0.15) is 0 Å². The summed E-state index contributed by atoms with van der Waals surface area (Å²) in [6.07, 6.45) is -1.57. The molecule has 14 nitrogen and oxygen atoms in total. The molecule has 1 aromatic heterocycles. The molecule has 3 aromatic rings. The van der Waals surface area contributed by atoms with E-state index < -0.39 is 47.2 Å². The molecule has 0 atom stereocenters. The van der Waals surface area contributed by atoms with E-state index in [-0.39, 0.29) is 60.9 Å². The SMILES string of the molecule is Cc1cc(CO)c(OC(=O)N(C)CCN(C)C(=O)OCc2cc3cc(Br)c(O)cc3oc2=O)c(COC(=O)C(C)(C)CC(C)(C)C(=O)O)c1. The molecule has 3 rings (SSSR count). The Balaban J connectivity index is 1.62. The maximum absolute atomic E-state index is 13.1. The van der Waals surface area contributed by atoms with Gasteiger partial charge >= 0.3 is 29.8 Å². The first-order valence-electron chi connectivity index (χ1n) is 15.2. The van der Waals surface area contributed by atoms with Gasteiger partial charge in [0, 0.05) is 49.8 Å². The average Bonchev–Trinajstić information content (AvgIpc) is 3.02. The summed E-state index contributed by atoms with van der Waals surface area (Å²) in [6.45, 7) is 6.85. The quantitative estimate of drug-likeness (QED) is 0.151. The number of halogens is 1. The summed E-state index contributed by atoms with van der Waals surface area (Å²) in [4.78, 5) is 65.0. The maximum atomic E-state index is 13.1. The molecule has 0 aliphatic rings. The zero-order chi connectivity index (χ0) is 36.8. The fraction of sp³-hybridized carbons (Fsp3) is 0.441. The van der Waals surface area contributed by atoms with Crippen LogP contribution in [-0.2, 0) is 38.9 Å². The molecule has 0 aliphatic carbocycles. The van der Waals surface area contributed by atoms with Gasteiger partial charge in [-0.25, -0.2) is 14.4 Å². The second-order valence-electron chi connectivity index (χ2n) is 13.1. The average molecular weight is 750 g/mol. The number of aliphatic hydroxyl groups is 1. The third-order valence-electron chi connectivity index (χ3n) is 7.74. The third-order valence-corrected chi connectivity index (χ3v) is 8.38. The number of carboxylic acids is 1. The van der Waals surface area contributed by atoms with Crippen molar-refractivity contribution in [2.24, 2.45) is 10.8 Å². The van der Waals surface area contributed by atoms with Gasteiger partial charge in [-0.05, 0) is 75.2 Å². The minimum absolute atomic E-state index is 0.00523. The highest BCUT2D eigenvalue weighted by Gasteiger charge is 2.40. The first kappa shape index (κ1) is 38.8. The Hall–Kier alpha value is -4.63. The zero-order valence-corrected chi connectivity index (χ0v) is 30.0. The number of phenolic OH excluding ortho intramolecular Hbond substituents is 1. The number of ether oxygens (including phenoxy) is 3. The fourth-order valence-electron chi connectivity index (χ4n) is 5.05. The van der Waals surface area contributed by atoms with Gasteiger partial charge in [-0.3, -0.25) is 9.59 Å². The van der Waals surface area contributed by atoms with Crippen LogP contribution in [0, 0.1) is 17.8 Å². The van der Waals surface area contributed by atoms with E-state index in [1.54, 1.807) is 39.0 Å². The topological polar surface area (TPSA) is 193 Å². The molecule has 0 aliphatic heterocycles. The number of nitrogens with zero attached hydrogens (tertiary/aromatic N) is 2. The maximum Gasteiger partial charge on any atom is 0.415 e. The highest BCUT2D eigenvalue weighted by atomic mass is 79.9. The summed E-state index contributed by atoms with van der Waals surface area (Å²) >= 11 is 3.20. The van der Waals surface area contributed by atoms with Crippen molar-refractivity contribution in [2.45, 2.75) is 60.9 Å². The molecule has 0 unspecified atom stereocenters. The van der Waals surface area contributed by atoms with E-state index >= 15 is 0 Å². The fourth-order valence-corrected chi connectivity index (χ4v) is 5.41. The Labute approximate surface area is 291 Å². The number of aromatic hydroxyl groups is 1. The van der Waals surface area contributed by atoms with Gasteiger partial charge in [0.25, 0.3) is 0 Å². The number of esters is 1. The first-order chi connectivity index (χ1) is 22.7. The number of carbonyl (C=O) groups excluding carboxylic acids is 3. The molecule has 15 heteroatoms. The Bertz CT molecular complexity index is 1800. The normalized spacial score (nSPS) is 11.6. The lowest BCUT2D eigenvalue weighted by molar-refractivity contribution is -0.160. The first-order valence-corrected chi connectivity index (χ1v) is 15.9. The minimum Gasteiger partial charge on any atom is -0.507 e. The van der Waals surface area contributed by atoms with Crippen molar-refractivity contribution in [3.63, 3.8) is 0 Å². The predicted octanol–water partition coefficient (Wildman–Crippen LogP) is 5.33. The van der Waals surface area contributed by atoms with Crippen LogP contribution in [0.2, 0.25) is 0 Å². The Morgan fingerprint density at radius 3 is 2.06 bits per heavy atom. The number of fused-ring (bicyclic) bond motifs is 1. The Morgan fingerprint density at radius 2 is 1.45 bits per heavy atom. The monoisotopic (exact) mass is 748 g/mol. The highest BCUT2D eigenvalue weighted by molar-refractivity contribution is 9.10. The Kier molecular flexibility index (Phi) is 12.5. The van der Waals surface area contributed by atoms with Crippen LogP contribution in [0.1, 0.15) is 56.4 Å². The van der Waals surface area contributed by atoms with Crippen molar-refractivity contribution in [3.8, 4) is 11.5 Å². The number of amides is 2. The van der Waals surface area contributed by atoms with Crippen molar-refractivity contribution >= 4 is 51.0 Å². The molecular formula is C34H41BrN2O12. The van der Waals surface area contributed by atoms with Crippen molar-refractivity contribution in [2.75, 3.05) is 27.2 Å². The summed E-state index contributed by atoms with van der Waals surface area (Å²) in [7, 11) is 2.89. The van der Waals surface area contributed by atoms with Crippen LogP contribution in [-0.4, -0.2) is 76.4 Å². The number of carboxylic acid groups (broad SMARTS) is 1. The second kappa shape index (κ2) is 15.7. The van der Waals surface area contributed by atoms with Crippen molar-refractivity contribution in [1.29, 1.82) is 0 Å². The molecule has 2 amide bonds. The van der Waals surface area contributed by atoms with E-state index in [2.05, 4.69) is 15.9 Å². The number of aryl methyl sites for hydroxylation is 1. The van der Waals surface area contributed by atoms with Gasteiger partial charge in [0.05, 0.1) is 27.5 Å². The molecule has 0 saturated heterocycles. The van der Waals surface area contributed by atoms with Crippen molar-refractivity contribution < 1.29 is 53.1 Å². The number of hydrogen-bond acceptors (Lipinski definition) is 11. The molecule has 0 bridgehead atoms. The van der Waals surface area contributed by atoms with Crippen LogP contribution >= 0.6 is 15.9 Å². The second-order valence-corrected chi connectivity index (χ2v) is 13.9. The van der Waals surface area contributed by atoms with E-state index in [1.807, 2.05) is 0 Å². The summed E-state index contributed by atoms with van der Waals surface area (Å²) < 4.78 is 22.0. The van der Waals surface area contributed by atoms with Crippen LogP contribution in [0.15, 0.2) is 44.0 Å². The van der Waals surface area contributed by atoms with E-state index in [0.717, 1.165) is 0 Å². The summed E-state index contributed by atoms with van der Waals surface area (Å²) in [5.41, 5.74) is -1.49. The number of rotatable bonds is 13. The van der Waals surface area contributed by atoms with Crippen LogP contribution in [0.3, 0.4) is 0 Å². The number of phenols is 1. The lowest BCUT2D eigenvalue weighted by atomic mass is 9.75. The molecule has 266 valence electrons. The van der Waals surface area contributed by atoms with Crippen molar-refractivity contribution in [1.82, 2.24) is 9.80 Å². The lowest BCUT2D eigenvalue weighted by Gasteiger charge is -2.30. The van der Waals surface area contributed by atoms with Gasteiger partial charge in [0.1, 0.15) is 30.3 Å². The molecule has 0 saturated carbocycles. The number of benzene rings is 2. The number of likely N-dealkylation sites (N-methyl/N-ethyl adjacent to an activating group) is 2. The van der Waals surface area contributed by atoms with Gasteiger partial charge in [0.2, 0.25) is 0 Å². The highest BCUT2D eigenvalue weighted by Crippen LogP contribution is 2.36. The Morgan fingerprint density at radius 1 is 0.857 bits per heavy atom. The molecule has 3 N–H and O–H groups in total. The number of carbonyl (C=O) groups is 4. The van der Waals surface area contributed by atoms with Gasteiger partial charge in [-0.15, -0.1) is 0 Å². The smallest absolute Gasteiger partial charge is 0.415 e. The van der Waals surface area contributed by atoms with Gasteiger partial charge in [0.15, 0.2) is 0 Å². The number of hydrogen-bond donors (Lipinski definition) is 3. The minimum atomic E-state index is -1.18. The van der Waals surface area contributed by atoms with Crippen LogP contribution < -0.4 is 10.4 Å². The lowest BCUT2D eigenvalue weighted by Crippen LogP contribution is -2.39. The standard InChI is InChI=1S/C34H41BrN2O12/c1-19-10-21(15-38)27(22(11-19)16-46-30(43)34(4,5)18-33(2,3)29(41)42)49-32(45)37(7)9-8-36(6)31(44)47-17-23-12-20-13-24(35)25(39)14-26(20)48-28(23)40/h10-14,38-39H,8-9,15-18H2,1-7H3,(H,41,42). The van der Waals surface area contributed by atoms with Crippen LogP contribution in [0.25, 0.3) is 11.0 Å². The van der Waals surface area contributed by atoms with E-state index in [4.69, 9.17) is 18.6 Å². The molecule has 0 fully saturated rings. The van der Waals surface area contributed by atoms with Gasteiger partial charge in [-0.1, -0.05) is 11.6 Å². The summed E-state index contributed by atoms with van der Waals surface area (Å²) in [5, 5.41) is 29.8. The van der Waals surface area contributed by atoms with E-state index in [9.17, 15) is 39.3 Å². The number of aliphatic hydroxyl groups excluding tert-OH is 1. The third kappa shape index (κ3) is 9.95. The van der Waals surface area contributed by atoms with Crippen LogP contribution in [0.5, 0.6) is 11.5 Å². The van der Waals surface area contributed by atoms with Crippen LogP contribution in [0.4, 0.5) is 9.59 Å². The zero-order valence-electron chi connectivity index (χ0n) is 28.4. The van der Waals surface area contributed by atoms with E-state index in [1.165, 1.54) is 49.9 Å². The summed E-state index contributed by atoms with van der Waals surface area (Å²) in [5.74, 6) is -1.79. The molecule has 2 aromatic carbocycles. The molecule has 49 heavy (non-hydrogen) atoms. The number of aliphatic carboxylic acids is 1. The molecule has 0 spiro atoms. The van der Waals surface area contributed by atoms with Gasteiger partial charge < -0.3 is 43.7 Å². The van der Waals surface area contributed by atoms with Crippen molar-refractivity contribution in [3.05, 3.63) is 67.5 Å². The largest absolute Gasteiger partial charge is 0.507 e. The molecule has 1 heterocycles.